The normalized spacial score (nSPS) is 9.28. The predicted molar refractivity (Wildman–Crippen MR) is 65.1 cm³/mol. The van der Waals surface area contributed by atoms with Crippen LogP contribution in [0.1, 0.15) is 28.4 Å². The SMILES string of the molecule is CCOC(=O)c1c(N)c(C#N)c(N)c(C#N)c1N. The van der Waals surface area contributed by atoms with E-state index in [1.807, 2.05) is 0 Å². The Labute approximate surface area is 103 Å². The van der Waals surface area contributed by atoms with Gasteiger partial charge >= 0.3 is 5.97 Å². The average Bonchev–Trinajstić information content (AvgIpc) is 2.30. The number of rotatable bonds is 2. The Kier molecular flexibility index (Phi) is 3.60. The standard InChI is InChI=1S/C11H11N5O2/c1-2-18-11(17)7-9(15)5(3-12)8(14)6(4-13)10(7)16/h2,14-16H2,1H3. The number of nitrogens with zero attached hydrogens (tertiary/aromatic N) is 2. The van der Waals surface area contributed by atoms with Gasteiger partial charge in [-0.2, -0.15) is 10.5 Å². The molecule has 0 radical (unpaired) electrons. The summed E-state index contributed by atoms with van der Waals surface area (Å²) in [6.45, 7) is 1.73. The Bertz CT molecular complexity index is 554. The van der Waals surface area contributed by atoms with Crippen LogP contribution in [0.15, 0.2) is 0 Å². The van der Waals surface area contributed by atoms with Crippen molar-refractivity contribution in [3.63, 3.8) is 0 Å². The first kappa shape index (κ1) is 13.1. The van der Waals surface area contributed by atoms with Crippen molar-refractivity contribution in [2.24, 2.45) is 0 Å². The molecule has 0 aliphatic carbocycles. The van der Waals surface area contributed by atoms with Crippen LogP contribution in [0.2, 0.25) is 0 Å². The fraction of sp³-hybridized carbons (Fsp3) is 0.182. The van der Waals surface area contributed by atoms with Crippen molar-refractivity contribution in [3.05, 3.63) is 16.7 Å². The van der Waals surface area contributed by atoms with Gasteiger partial charge in [0.1, 0.15) is 28.8 Å². The van der Waals surface area contributed by atoms with Crippen LogP contribution in [-0.4, -0.2) is 12.6 Å². The summed E-state index contributed by atoms with van der Waals surface area (Å²) in [5.74, 6) is -0.791. The first-order chi connectivity index (χ1) is 8.49. The molecule has 0 aliphatic heterocycles. The summed E-state index contributed by atoms with van der Waals surface area (Å²) in [5.41, 5.74) is 15.9. The number of esters is 1. The Morgan fingerprint density at radius 1 is 1.11 bits per heavy atom. The van der Waals surface area contributed by atoms with Crippen molar-refractivity contribution in [3.8, 4) is 12.1 Å². The maximum atomic E-state index is 11.7. The second-order valence-electron chi connectivity index (χ2n) is 3.31. The number of anilines is 3. The molecule has 18 heavy (non-hydrogen) atoms. The number of nitriles is 2. The summed E-state index contributed by atoms with van der Waals surface area (Å²) in [7, 11) is 0. The van der Waals surface area contributed by atoms with Gasteiger partial charge in [0.2, 0.25) is 0 Å². The highest BCUT2D eigenvalue weighted by Crippen LogP contribution is 2.33. The van der Waals surface area contributed by atoms with E-state index in [9.17, 15) is 4.79 Å². The van der Waals surface area contributed by atoms with Crippen LogP contribution >= 0.6 is 0 Å². The fourth-order valence-corrected chi connectivity index (χ4v) is 1.47. The highest BCUT2D eigenvalue weighted by molar-refractivity contribution is 6.05. The largest absolute Gasteiger partial charge is 0.462 e. The minimum atomic E-state index is -0.791. The molecule has 0 aromatic heterocycles. The second-order valence-corrected chi connectivity index (χ2v) is 3.31. The van der Waals surface area contributed by atoms with E-state index >= 15 is 0 Å². The fourth-order valence-electron chi connectivity index (χ4n) is 1.47. The van der Waals surface area contributed by atoms with Crippen molar-refractivity contribution in [2.45, 2.75) is 6.92 Å². The van der Waals surface area contributed by atoms with Crippen LogP contribution < -0.4 is 17.2 Å². The van der Waals surface area contributed by atoms with E-state index in [1.54, 1.807) is 19.1 Å². The van der Waals surface area contributed by atoms with E-state index in [1.165, 1.54) is 0 Å². The zero-order chi connectivity index (χ0) is 13.9. The highest BCUT2D eigenvalue weighted by atomic mass is 16.5. The minimum Gasteiger partial charge on any atom is -0.462 e. The summed E-state index contributed by atoms with van der Waals surface area (Å²) < 4.78 is 4.77. The van der Waals surface area contributed by atoms with E-state index < -0.39 is 5.97 Å². The van der Waals surface area contributed by atoms with Gasteiger partial charge in [-0.25, -0.2) is 4.79 Å². The molecule has 1 aromatic carbocycles. The van der Waals surface area contributed by atoms with Gasteiger partial charge in [-0.15, -0.1) is 0 Å². The Morgan fingerprint density at radius 3 is 1.89 bits per heavy atom. The van der Waals surface area contributed by atoms with Gasteiger partial charge in [0.15, 0.2) is 0 Å². The summed E-state index contributed by atoms with van der Waals surface area (Å²) in [4.78, 5) is 11.7. The van der Waals surface area contributed by atoms with Crippen LogP contribution in [0, 0.1) is 22.7 Å². The molecule has 0 aliphatic rings. The molecular formula is C11H11N5O2. The Morgan fingerprint density at radius 2 is 1.56 bits per heavy atom. The minimum absolute atomic E-state index is 0.117. The lowest BCUT2D eigenvalue weighted by Gasteiger charge is -2.13. The number of hydrogen-bond donors (Lipinski definition) is 3. The lowest BCUT2D eigenvalue weighted by Crippen LogP contribution is -2.15. The number of ether oxygens (including phenoxy) is 1. The van der Waals surface area contributed by atoms with E-state index in [0.717, 1.165) is 0 Å². The smallest absolute Gasteiger partial charge is 0.342 e. The van der Waals surface area contributed by atoms with Gasteiger partial charge in [-0.3, -0.25) is 0 Å². The molecule has 0 bridgehead atoms. The molecule has 0 spiro atoms. The van der Waals surface area contributed by atoms with E-state index in [0.29, 0.717) is 0 Å². The van der Waals surface area contributed by atoms with Gasteiger partial charge in [-0.1, -0.05) is 0 Å². The molecular weight excluding hydrogens is 234 g/mol. The molecule has 0 saturated heterocycles. The number of nitrogens with two attached hydrogens (primary N) is 3. The van der Waals surface area contributed by atoms with Gasteiger partial charge in [0.25, 0.3) is 0 Å². The molecule has 0 saturated carbocycles. The molecule has 7 heteroatoms. The van der Waals surface area contributed by atoms with Crippen LogP contribution in [-0.2, 0) is 4.74 Å². The molecule has 92 valence electrons. The zero-order valence-corrected chi connectivity index (χ0v) is 9.65. The molecule has 1 rings (SSSR count). The van der Waals surface area contributed by atoms with Crippen molar-refractivity contribution in [1.29, 1.82) is 10.5 Å². The zero-order valence-electron chi connectivity index (χ0n) is 9.65. The molecule has 0 unspecified atom stereocenters. The third-order valence-electron chi connectivity index (χ3n) is 2.32. The van der Waals surface area contributed by atoms with Crippen molar-refractivity contribution in [2.75, 3.05) is 23.8 Å². The van der Waals surface area contributed by atoms with Crippen molar-refractivity contribution >= 4 is 23.0 Å². The van der Waals surface area contributed by atoms with Crippen molar-refractivity contribution in [1.82, 2.24) is 0 Å². The maximum absolute atomic E-state index is 11.7. The second kappa shape index (κ2) is 4.93. The molecule has 0 atom stereocenters. The first-order valence-corrected chi connectivity index (χ1v) is 4.97. The van der Waals surface area contributed by atoms with Crippen molar-refractivity contribution < 1.29 is 9.53 Å². The average molecular weight is 245 g/mol. The summed E-state index contributed by atoms with van der Waals surface area (Å²) in [6, 6.07) is 3.48. The van der Waals surface area contributed by atoms with Gasteiger partial charge in [0.05, 0.1) is 23.7 Å². The molecule has 1 aromatic rings. The Balaban J connectivity index is 3.69. The maximum Gasteiger partial charge on any atom is 0.342 e. The molecule has 7 nitrogen and oxygen atoms in total. The van der Waals surface area contributed by atoms with Gasteiger partial charge in [0, 0.05) is 0 Å². The van der Waals surface area contributed by atoms with Crippen LogP contribution in [0.25, 0.3) is 0 Å². The number of hydrogen-bond acceptors (Lipinski definition) is 7. The topological polar surface area (TPSA) is 152 Å². The molecule has 0 heterocycles. The van der Waals surface area contributed by atoms with Crippen LogP contribution in [0.4, 0.5) is 17.1 Å². The van der Waals surface area contributed by atoms with E-state index in [-0.39, 0.29) is 40.4 Å². The third kappa shape index (κ3) is 1.85. The number of benzene rings is 1. The van der Waals surface area contributed by atoms with Gasteiger partial charge in [-0.05, 0) is 6.92 Å². The molecule has 0 fully saturated rings. The molecule has 0 amide bonds. The lowest BCUT2D eigenvalue weighted by molar-refractivity contribution is 0.0529. The first-order valence-electron chi connectivity index (χ1n) is 4.97. The predicted octanol–water partition coefficient (Wildman–Crippen LogP) is 0.353. The van der Waals surface area contributed by atoms with Crippen LogP contribution in [0.5, 0.6) is 0 Å². The number of nitrogen functional groups attached to an aromatic ring is 3. The Hall–Kier alpha value is -2.93. The summed E-state index contributed by atoms with van der Waals surface area (Å²) in [6.07, 6.45) is 0. The summed E-state index contributed by atoms with van der Waals surface area (Å²) >= 11 is 0. The highest BCUT2D eigenvalue weighted by Gasteiger charge is 2.24. The monoisotopic (exact) mass is 245 g/mol. The summed E-state index contributed by atoms with van der Waals surface area (Å²) in [5, 5.41) is 17.9. The van der Waals surface area contributed by atoms with E-state index in [4.69, 9.17) is 32.5 Å². The van der Waals surface area contributed by atoms with Gasteiger partial charge < -0.3 is 21.9 Å². The number of carbonyl (C=O) groups excluding carboxylic acids is 1. The third-order valence-corrected chi connectivity index (χ3v) is 2.32. The van der Waals surface area contributed by atoms with E-state index in [2.05, 4.69) is 0 Å². The quantitative estimate of drug-likeness (QED) is 0.502. The lowest BCUT2D eigenvalue weighted by atomic mass is 9.98. The van der Waals surface area contributed by atoms with Crippen LogP contribution in [0.3, 0.4) is 0 Å². The molecule has 6 N–H and O–H groups in total. The number of carbonyl (C=O) groups is 1.